The fraction of sp³-hybridized carbons (Fsp3) is 0.381. The van der Waals surface area contributed by atoms with Gasteiger partial charge in [-0.3, -0.25) is 4.79 Å². The molecule has 146 valence electrons. The fourth-order valence-corrected chi connectivity index (χ4v) is 3.85. The number of carbonyl (C=O) groups is 1. The average molecular weight is 379 g/mol. The van der Waals surface area contributed by atoms with E-state index in [0.717, 1.165) is 48.2 Å². The van der Waals surface area contributed by atoms with Gasteiger partial charge in [0.25, 0.3) is 0 Å². The molecule has 1 aliphatic rings. The molecule has 0 saturated carbocycles. The van der Waals surface area contributed by atoms with E-state index < -0.39 is 0 Å². The Labute approximate surface area is 164 Å². The first-order valence-electron chi connectivity index (χ1n) is 9.57. The standard InChI is InChI=1S/C21H25N5O2/c1-25-13-15(17-5-3-4-6-18(17)25)11-21(27)26-9-7-16(8-10-26)24-19-12-20(28-2)23-14-22-19/h3-6,12-14,16H,7-11H2,1-2H3,(H,22,23,24). The number of piperidine rings is 1. The van der Waals surface area contributed by atoms with E-state index in [0.29, 0.717) is 18.3 Å². The maximum Gasteiger partial charge on any atom is 0.227 e. The molecule has 1 N–H and O–H groups in total. The van der Waals surface area contributed by atoms with Gasteiger partial charge in [0.15, 0.2) is 0 Å². The fourth-order valence-electron chi connectivity index (χ4n) is 3.85. The van der Waals surface area contributed by atoms with Crippen molar-refractivity contribution in [1.29, 1.82) is 0 Å². The lowest BCUT2D eigenvalue weighted by atomic mass is 10.0. The second-order valence-corrected chi connectivity index (χ2v) is 7.20. The van der Waals surface area contributed by atoms with Crippen LogP contribution in [0.5, 0.6) is 5.88 Å². The summed E-state index contributed by atoms with van der Waals surface area (Å²) in [5, 5.41) is 4.58. The highest BCUT2D eigenvalue weighted by atomic mass is 16.5. The Kier molecular flexibility index (Phi) is 5.14. The van der Waals surface area contributed by atoms with Crippen LogP contribution in [0.25, 0.3) is 10.9 Å². The van der Waals surface area contributed by atoms with Gasteiger partial charge in [0.05, 0.1) is 13.5 Å². The molecule has 3 heterocycles. The minimum Gasteiger partial charge on any atom is -0.481 e. The van der Waals surface area contributed by atoms with Crippen molar-refractivity contribution in [1.82, 2.24) is 19.4 Å². The first-order valence-corrected chi connectivity index (χ1v) is 9.57. The van der Waals surface area contributed by atoms with Gasteiger partial charge < -0.3 is 19.5 Å². The normalized spacial score (nSPS) is 15.0. The molecule has 7 heteroatoms. The first kappa shape index (κ1) is 18.3. The number of rotatable bonds is 5. The summed E-state index contributed by atoms with van der Waals surface area (Å²) >= 11 is 0. The number of hydrogen-bond donors (Lipinski definition) is 1. The predicted molar refractivity (Wildman–Crippen MR) is 108 cm³/mol. The largest absolute Gasteiger partial charge is 0.481 e. The predicted octanol–water partition coefficient (Wildman–Crippen LogP) is 2.62. The van der Waals surface area contributed by atoms with E-state index in [2.05, 4.69) is 38.2 Å². The quantitative estimate of drug-likeness (QED) is 0.738. The second kappa shape index (κ2) is 7.88. The molecule has 7 nitrogen and oxygen atoms in total. The minimum atomic E-state index is 0.193. The van der Waals surface area contributed by atoms with Crippen LogP contribution in [0.15, 0.2) is 42.9 Å². The number of amides is 1. The molecule has 0 unspecified atom stereocenters. The van der Waals surface area contributed by atoms with Crippen molar-refractivity contribution < 1.29 is 9.53 Å². The number of carbonyl (C=O) groups excluding carboxylic acids is 1. The lowest BCUT2D eigenvalue weighted by Gasteiger charge is -2.32. The lowest BCUT2D eigenvalue weighted by molar-refractivity contribution is -0.131. The zero-order chi connectivity index (χ0) is 19.5. The molecule has 1 saturated heterocycles. The summed E-state index contributed by atoms with van der Waals surface area (Å²) in [7, 11) is 3.61. The van der Waals surface area contributed by atoms with Crippen LogP contribution >= 0.6 is 0 Å². The smallest absolute Gasteiger partial charge is 0.227 e. The Hall–Kier alpha value is -3.09. The highest BCUT2D eigenvalue weighted by Crippen LogP contribution is 2.22. The van der Waals surface area contributed by atoms with Crippen molar-refractivity contribution in [2.45, 2.75) is 25.3 Å². The summed E-state index contributed by atoms with van der Waals surface area (Å²) in [5.41, 5.74) is 2.25. The van der Waals surface area contributed by atoms with Gasteiger partial charge in [-0.2, -0.15) is 0 Å². The SMILES string of the molecule is COc1cc(NC2CCN(C(=O)Cc3cn(C)c4ccccc34)CC2)ncn1. The number of nitrogens with zero attached hydrogens (tertiary/aromatic N) is 4. The van der Waals surface area contributed by atoms with Gasteiger partial charge in [-0.25, -0.2) is 9.97 Å². The van der Waals surface area contributed by atoms with E-state index in [1.807, 2.05) is 24.1 Å². The topological polar surface area (TPSA) is 72.3 Å². The molecule has 2 aromatic heterocycles. The van der Waals surface area contributed by atoms with Gasteiger partial charge in [0.1, 0.15) is 12.1 Å². The van der Waals surface area contributed by atoms with Crippen LogP contribution in [0, 0.1) is 0 Å². The van der Waals surface area contributed by atoms with E-state index in [1.165, 1.54) is 6.33 Å². The van der Waals surface area contributed by atoms with Crippen molar-refractivity contribution >= 4 is 22.6 Å². The average Bonchev–Trinajstić information content (AvgIpc) is 3.04. The number of likely N-dealkylation sites (tertiary alicyclic amines) is 1. The molecule has 0 aliphatic carbocycles. The lowest BCUT2D eigenvalue weighted by Crippen LogP contribution is -2.43. The maximum atomic E-state index is 12.8. The van der Waals surface area contributed by atoms with Crippen LogP contribution in [0.1, 0.15) is 18.4 Å². The van der Waals surface area contributed by atoms with Gasteiger partial charge in [0, 0.05) is 49.3 Å². The third-order valence-corrected chi connectivity index (χ3v) is 5.37. The summed E-state index contributed by atoms with van der Waals surface area (Å²) in [6, 6.07) is 10.3. The number of methoxy groups -OCH3 is 1. The molecule has 0 atom stereocenters. The third-order valence-electron chi connectivity index (χ3n) is 5.37. The van der Waals surface area contributed by atoms with E-state index in [9.17, 15) is 4.79 Å². The Bertz CT molecular complexity index is 976. The summed E-state index contributed by atoms with van der Waals surface area (Å²) in [5.74, 6) is 1.49. The second-order valence-electron chi connectivity index (χ2n) is 7.20. The number of anilines is 1. The van der Waals surface area contributed by atoms with Crippen LogP contribution in [-0.2, 0) is 18.3 Å². The third kappa shape index (κ3) is 3.78. The first-order chi connectivity index (χ1) is 13.6. The molecule has 0 spiro atoms. The van der Waals surface area contributed by atoms with Gasteiger partial charge in [-0.1, -0.05) is 18.2 Å². The maximum absolute atomic E-state index is 12.8. The summed E-state index contributed by atoms with van der Waals surface area (Å²) in [4.78, 5) is 23.1. The zero-order valence-corrected chi connectivity index (χ0v) is 16.3. The summed E-state index contributed by atoms with van der Waals surface area (Å²) in [6.45, 7) is 1.51. The van der Waals surface area contributed by atoms with Crippen LogP contribution in [0.2, 0.25) is 0 Å². The summed E-state index contributed by atoms with van der Waals surface area (Å²) in [6.07, 6.45) is 5.80. The van der Waals surface area contributed by atoms with E-state index in [1.54, 1.807) is 13.2 Å². The molecule has 4 rings (SSSR count). The van der Waals surface area contributed by atoms with E-state index >= 15 is 0 Å². The Balaban J connectivity index is 1.35. The van der Waals surface area contributed by atoms with Crippen LogP contribution < -0.4 is 10.1 Å². The molecular formula is C21H25N5O2. The monoisotopic (exact) mass is 379 g/mol. The number of hydrogen-bond acceptors (Lipinski definition) is 5. The number of para-hydroxylation sites is 1. The molecule has 1 aliphatic heterocycles. The van der Waals surface area contributed by atoms with E-state index in [-0.39, 0.29) is 5.91 Å². The van der Waals surface area contributed by atoms with Crippen LogP contribution in [0.3, 0.4) is 0 Å². The van der Waals surface area contributed by atoms with Crippen LogP contribution in [-0.4, -0.2) is 51.6 Å². The molecule has 1 amide bonds. The van der Waals surface area contributed by atoms with Gasteiger partial charge in [-0.05, 0) is 24.5 Å². The number of aryl methyl sites for hydroxylation is 1. The molecular weight excluding hydrogens is 354 g/mol. The van der Waals surface area contributed by atoms with Crippen molar-refractivity contribution in [3.05, 3.63) is 48.4 Å². The minimum absolute atomic E-state index is 0.193. The van der Waals surface area contributed by atoms with Crippen LogP contribution in [0.4, 0.5) is 5.82 Å². The number of aromatic nitrogens is 3. The Morgan fingerprint density at radius 1 is 1.25 bits per heavy atom. The molecule has 28 heavy (non-hydrogen) atoms. The van der Waals surface area contributed by atoms with Crippen molar-refractivity contribution in [3.63, 3.8) is 0 Å². The Morgan fingerprint density at radius 2 is 2.04 bits per heavy atom. The van der Waals surface area contributed by atoms with Crippen molar-refractivity contribution in [3.8, 4) is 5.88 Å². The molecule has 0 radical (unpaired) electrons. The Morgan fingerprint density at radius 3 is 2.82 bits per heavy atom. The van der Waals surface area contributed by atoms with Gasteiger partial charge in [-0.15, -0.1) is 0 Å². The number of ether oxygens (including phenoxy) is 1. The highest BCUT2D eigenvalue weighted by Gasteiger charge is 2.24. The molecule has 1 aromatic carbocycles. The number of fused-ring (bicyclic) bond motifs is 1. The van der Waals surface area contributed by atoms with Crippen molar-refractivity contribution in [2.24, 2.45) is 7.05 Å². The molecule has 3 aromatic rings. The number of benzene rings is 1. The van der Waals surface area contributed by atoms with Gasteiger partial charge >= 0.3 is 0 Å². The highest BCUT2D eigenvalue weighted by molar-refractivity contribution is 5.89. The number of nitrogens with one attached hydrogen (secondary N) is 1. The van der Waals surface area contributed by atoms with Crippen molar-refractivity contribution in [2.75, 3.05) is 25.5 Å². The summed E-state index contributed by atoms with van der Waals surface area (Å²) < 4.78 is 7.22. The molecule has 0 bridgehead atoms. The van der Waals surface area contributed by atoms with E-state index in [4.69, 9.17) is 4.74 Å². The zero-order valence-electron chi connectivity index (χ0n) is 16.3. The van der Waals surface area contributed by atoms with Gasteiger partial charge in [0.2, 0.25) is 11.8 Å². The molecule has 1 fully saturated rings.